The third-order valence-corrected chi connectivity index (χ3v) is 4.52. The fraction of sp³-hybridized carbons (Fsp3) is 0.562. The van der Waals surface area contributed by atoms with E-state index in [0.717, 1.165) is 32.1 Å². The number of benzene rings is 1. The molecule has 2 fully saturated rings. The van der Waals surface area contributed by atoms with Gasteiger partial charge in [0.25, 0.3) is 0 Å². The highest BCUT2D eigenvalue weighted by molar-refractivity contribution is 6.33. The molecule has 1 saturated heterocycles. The lowest BCUT2D eigenvalue weighted by Crippen LogP contribution is -2.49. The van der Waals surface area contributed by atoms with Gasteiger partial charge in [0, 0.05) is 32.7 Å². The molecular formula is C16H22ClN3O. The van der Waals surface area contributed by atoms with Crippen LogP contribution in [0.3, 0.4) is 0 Å². The van der Waals surface area contributed by atoms with Gasteiger partial charge in [-0.1, -0.05) is 23.7 Å². The third-order valence-electron chi connectivity index (χ3n) is 4.19. The van der Waals surface area contributed by atoms with E-state index in [2.05, 4.69) is 15.1 Å². The van der Waals surface area contributed by atoms with Gasteiger partial charge < -0.3 is 10.2 Å². The van der Waals surface area contributed by atoms with Crippen LogP contribution in [0.5, 0.6) is 0 Å². The molecular weight excluding hydrogens is 286 g/mol. The zero-order valence-electron chi connectivity index (χ0n) is 12.2. The fourth-order valence-electron chi connectivity index (χ4n) is 2.75. The third kappa shape index (κ3) is 4.43. The smallest absolute Gasteiger partial charge is 0.238 e. The molecule has 0 atom stereocenters. The Morgan fingerprint density at radius 1 is 1.14 bits per heavy atom. The molecule has 0 radical (unpaired) electrons. The summed E-state index contributed by atoms with van der Waals surface area (Å²) in [5, 5.41) is 3.47. The molecule has 3 rings (SSSR count). The van der Waals surface area contributed by atoms with Crippen LogP contribution in [0.2, 0.25) is 5.02 Å². The average Bonchev–Trinajstić information content (AvgIpc) is 3.28. The van der Waals surface area contributed by atoms with Gasteiger partial charge in [0.15, 0.2) is 0 Å². The molecule has 0 aromatic heterocycles. The molecule has 0 bridgehead atoms. The second-order valence-corrected chi connectivity index (χ2v) is 6.46. The molecule has 1 N–H and O–H groups in total. The molecule has 1 aromatic carbocycles. The molecule has 1 heterocycles. The number of piperazine rings is 1. The van der Waals surface area contributed by atoms with Gasteiger partial charge in [-0.2, -0.15) is 0 Å². The zero-order chi connectivity index (χ0) is 14.7. The van der Waals surface area contributed by atoms with Crippen LogP contribution >= 0.6 is 11.6 Å². The number of anilines is 1. The van der Waals surface area contributed by atoms with Gasteiger partial charge >= 0.3 is 0 Å². The minimum atomic E-state index is 0.0127. The molecule has 2 aliphatic rings. The van der Waals surface area contributed by atoms with E-state index in [4.69, 9.17) is 11.6 Å². The van der Waals surface area contributed by atoms with E-state index in [0.29, 0.717) is 17.3 Å². The number of hydrogen-bond donors (Lipinski definition) is 1. The number of rotatable bonds is 5. The molecule has 0 unspecified atom stereocenters. The summed E-state index contributed by atoms with van der Waals surface area (Å²) in [5.41, 5.74) is 0.691. The van der Waals surface area contributed by atoms with Gasteiger partial charge in [-0.25, -0.2) is 0 Å². The second-order valence-electron chi connectivity index (χ2n) is 6.05. The Bertz CT molecular complexity index is 496. The summed E-state index contributed by atoms with van der Waals surface area (Å²) in [5.74, 6) is 0.957. The van der Waals surface area contributed by atoms with Crippen molar-refractivity contribution in [1.82, 2.24) is 9.80 Å². The quantitative estimate of drug-likeness (QED) is 0.907. The Balaban J connectivity index is 1.42. The van der Waals surface area contributed by atoms with E-state index in [-0.39, 0.29) is 5.91 Å². The minimum Gasteiger partial charge on any atom is -0.324 e. The SMILES string of the molecule is O=C(CN1CCN(CC2CC2)CC1)Nc1ccccc1Cl. The Kier molecular flexibility index (Phi) is 4.78. The highest BCUT2D eigenvalue weighted by atomic mass is 35.5. The Hall–Kier alpha value is -1.10. The number of nitrogens with one attached hydrogen (secondary N) is 1. The summed E-state index contributed by atoms with van der Waals surface area (Å²) in [6.45, 7) is 5.80. The van der Waals surface area contributed by atoms with Crippen molar-refractivity contribution in [1.29, 1.82) is 0 Å². The first kappa shape index (κ1) is 14.8. The number of hydrogen-bond acceptors (Lipinski definition) is 3. The molecule has 4 nitrogen and oxygen atoms in total. The number of nitrogens with zero attached hydrogens (tertiary/aromatic N) is 2. The Morgan fingerprint density at radius 2 is 1.81 bits per heavy atom. The van der Waals surface area contributed by atoms with Crippen LogP contribution in [0.4, 0.5) is 5.69 Å². The maximum atomic E-state index is 12.1. The predicted molar refractivity (Wildman–Crippen MR) is 85.7 cm³/mol. The van der Waals surface area contributed by atoms with Crippen molar-refractivity contribution in [2.45, 2.75) is 12.8 Å². The first-order chi connectivity index (χ1) is 10.2. The fourth-order valence-corrected chi connectivity index (χ4v) is 2.93. The Labute approximate surface area is 131 Å². The van der Waals surface area contributed by atoms with Crippen molar-refractivity contribution in [2.75, 3.05) is 44.6 Å². The lowest BCUT2D eigenvalue weighted by molar-refractivity contribution is -0.117. The van der Waals surface area contributed by atoms with Crippen LogP contribution in [0.25, 0.3) is 0 Å². The van der Waals surface area contributed by atoms with Crippen molar-refractivity contribution >= 4 is 23.2 Å². The first-order valence-corrected chi connectivity index (χ1v) is 8.07. The molecule has 1 aliphatic carbocycles. The van der Waals surface area contributed by atoms with E-state index in [1.165, 1.54) is 19.4 Å². The van der Waals surface area contributed by atoms with Gasteiger partial charge in [-0.05, 0) is 30.9 Å². The molecule has 1 aliphatic heterocycles. The second kappa shape index (κ2) is 6.77. The van der Waals surface area contributed by atoms with Gasteiger partial charge in [0.05, 0.1) is 17.3 Å². The molecule has 114 valence electrons. The van der Waals surface area contributed by atoms with E-state index in [9.17, 15) is 4.79 Å². The zero-order valence-corrected chi connectivity index (χ0v) is 13.0. The van der Waals surface area contributed by atoms with Crippen LogP contribution in [-0.2, 0) is 4.79 Å². The number of halogens is 1. The van der Waals surface area contributed by atoms with Gasteiger partial charge in [0.2, 0.25) is 5.91 Å². The number of carbonyl (C=O) groups is 1. The first-order valence-electron chi connectivity index (χ1n) is 7.70. The van der Waals surface area contributed by atoms with Crippen molar-refractivity contribution in [3.05, 3.63) is 29.3 Å². The lowest BCUT2D eigenvalue weighted by Gasteiger charge is -2.34. The molecule has 0 spiro atoms. The Morgan fingerprint density at radius 3 is 2.48 bits per heavy atom. The summed E-state index contributed by atoms with van der Waals surface area (Å²) in [4.78, 5) is 16.8. The maximum absolute atomic E-state index is 12.1. The van der Waals surface area contributed by atoms with E-state index in [1.807, 2.05) is 18.2 Å². The van der Waals surface area contributed by atoms with Crippen LogP contribution in [-0.4, -0.2) is 55.0 Å². The largest absolute Gasteiger partial charge is 0.324 e. The van der Waals surface area contributed by atoms with Crippen molar-refractivity contribution in [2.24, 2.45) is 5.92 Å². The van der Waals surface area contributed by atoms with Crippen molar-refractivity contribution < 1.29 is 4.79 Å². The molecule has 5 heteroatoms. The monoisotopic (exact) mass is 307 g/mol. The molecule has 1 aromatic rings. The van der Waals surface area contributed by atoms with Crippen molar-refractivity contribution in [3.63, 3.8) is 0 Å². The van der Waals surface area contributed by atoms with Gasteiger partial charge in [-0.3, -0.25) is 9.69 Å². The van der Waals surface area contributed by atoms with E-state index in [1.54, 1.807) is 6.07 Å². The van der Waals surface area contributed by atoms with Crippen LogP contribution < -0.4 is 5.32 Å². The van der Waals surface area contributed by atoms with Crippen LogP contribution in [0.15, 0.2) is 24.3 Å². The van der Waals surface area contributed by atoms with Crippen LogP contribution in [0, 0.1) is 5.92 Å². The standard InChI is InChI=1S/C16H22ClN3O/c17-14-3-1-2-4-15(14)18-16(21)12-20-9-7-19(8-10-20)11-13-5-6-13/h1-4,13H,5-12H2,(H,18,21). The predicted octanol–water partition coefficient (Wildman–Crippen LogP) is 2.31. The highest BCUT2D eigenvalue weighted by Gasteiger charge is 2.26. The van der Waals surface area contributed by atoms with E-state index < -0.39 is 0 Å². The summed E-state index contributed by atoms with van der Waals surface area (Å²) >= 11 is 6.05. The van der Waals surface area contributed by atoms with Gasteiger partial charge in [0.1, 0.15) is 0 Å². The van der Waals surface area contributed by atoms with E-state index >= 15 is 0 Å². The topological polar surface area (TPSA) is 35.6 Å². The lowest BCUT2D eigenvalue weighted by atomic mass is 10.2. The van der Waals surface area contributed by atoms with Crippen LogP contribution in [0.1, 0.15) is 12.8 Å². The highest BCUT2D eigenvalue weighted by Crippen LogP contribution is 2.29. The molecule has 1 amide bonds. The normalized spacial score (nSPS) is 20.4. The molecule has 21 heavy (non-hydrogen) atoms. The average molecular weight is 308 g/mol. The summed E-state index contributed by atoms with van der Waals surface area (Å²) < 4.78 is 0. The summed E-state index contributed by atoms with van der Waals surface area (Å²) in [7, 11) is 0. The van der Waals surface area contributed by atoms with Crippen molar-refractivity contribution in [3.8, 4) is 0 Å². The maximum Gasteiger partial charge on any atom is 0.238 e. The number of para-hydroxylation sites is 1. The molecule has 1 saturated carbocycles. The number of amides is 1. The van der Waals surface area contributed by atoms with Gasteiger partial charge in [-0.15, -0.1) is 0 Å². The summed E-state index contributed by atoms with van der Waals surface area (Å²) in [6.07, 6.45) is 2.81. The minimum absolute atomic E-state index is 0.0127. The number of carbonyl (C=O) groups excluding carboxylic acids is 1. The summed E-state index contributed by atoms with van der Waals surface area (Å²) in [6, 6.07) is 7.34.